The number of phenolic OH excluding ortho intramolecular Hbond substituents is 1. The molecular weight excluding hydrogens is 340 g/mol. The van der Waals surface area contributed by atoms with Crippen LogP contribution in [0.4, 0.5) is 0 Å². The summed E-state index contributed by atoms with van der Waals surface area (Å²) in [5, 5.41) is 15.5. The molecule has 0 unspecified atom stereocenters. The minimum Gasteiger partial charge on any atom is -0.504 e. The molecule has 2 heterocycles. The average molecular weight is 362 g/mol. The highest BCUT2D eigenvalue weighted by Crippen LogP contribution is 2.35. The largest absolute Gasteiger partial charge is 0.504 e. The Kier molecular flexibility index (Phi) is 3.67. The molecule has 0 spiro atoms. The Bertz CT molecular complexity index is 1210. The van der Waals surface area contributed by atoms with Crippen molar-refractivity contribution in [3.05, 3.63) is 63.4 Å². The van der Waals surface area contributed by atoms with Crippen molar-refractivity contribution >= 4 is 11.0 Å². The summed E-state index contributed by atoms with van der Waals surface area (Å²) in [4.78, 5) is 13.0. The van der Waals surface area contributed by atoms with Crippen molar-refractivity contribution in [1.29, 1.82) is 0 Å². The fourth-order valence-electron chi connectivity index (χ4n) is 3.26. The van der Waals surface area contributed by atoms with E-state index in [0.29, 0.717) is 16.5 Å². The third-order valence-electron chi connectivity index (χ3n) is 5.11. The maximum absolute atomic E-state index is 13.0. The van der Waals surface area contributed by atoms with Gasteiger partial charge in [-0.2, -0.15) is 4.68 Å². The lowest BCUT2D eigenvalue weighted by molar-refractivity contribution is 0.459. The van der Waals surface area contributed by atoms with Gasteiger partial charge in [0.15, 0.2) is 11.3 Å². The summed E-state index contributed by atoms with van der Waals surface area (Å²) in [6.45, 7) is 10.2. The molecule has 0 atom stereocenters. The van der Waals surface area contributed by atoms with Crippen molar-refractivity contribution in [2.24, 2.45) is 0 Å². The summed E-state index contributed by atoms with van der Waals surface area (Å²) >= 11 is 0. The summed E-state index contributed by atoms with van der Waals surface area (Å²) in [5.41, 5.74) is 4.14. The fraction of sp³-hybridized carbons (Fsp3) is 0.273. The molecule has 0 fully saturated rings. The van der Waals surface area contributed by atoms with Gasteiger partial charge in [0.25, 0.3) is 5.56 Å². The number of rotatable bonds is 1. The van der Waals surface area contributed by atoms with Gasteiger partial charge in [0.2, 0.25) is 5.89 Å². The van der Waals surface area contributed by atoms with Crippen LogP contribution in [-0.4, -0.2) is 14.9 Å². The van der Waals surface area contributed by atoms with E-state index in [1.54, 1.807) is 12.1 Å². The maximum atomic E-state index is 13.0. The minimum atomic E-state index is -0.231. The predicted octanol–water partition coefficient (Wildman–Crippen LogP) is 4.70. The number of fused-ring (bicyclic) bond motifs is 2. The molecule has 27 heavy (non-hydrogen) atoms. The first-order valence-corrected chi connectivity index (χ1v) is 8.93. The van der Waals surface area contributed by atoms with Crippen LogP contribution in [0, 0.1) is 13.8 Å². The van der Waals surface area contributed by atoms with Crippen molar-refractivity contribution in [3.63, 3.8) is 0 Å². The van der Waals surface area contributed by atoms with Gasteiger partial charge in [-0.15, -0.1) is 5.10 Å². The smallest absolute Gasteiger partial charge is 0.284 e. The summed E-state index contributed by atoms with van der Waals surface area (Å²) in [6, 6.07) is 11.2. The number of hydrogen-bond acceptors (Lipinski definition) is 4. The molecule has 2 aromatic carbocycles. The van der Waals surface area contributed by atoms with Crippen LogP contribution < -0.4 is 5.56 Å². The average Bonchev–Trinajstić information content (AvgIpc) is 2.91. The first kappa shape index (κ1) is 17.3. The van der Waals surface area contributed by atoms with Crippen LogP contribution in [0.2, 0.25) is 0 Å². The van der Waals surface area contributed by atoms with Crippen molar-refractivity contribution in [3.8, 4) is 22.9 Å². The summed E-state index contributed by atoms with van der Waals surface area (Å²) < 4.78 is 7.19. The molecule has 4 rings (SSSR count). The van der Waals surface area contributed by atoms with E-state index < -0.39 is 0 Å². The van der Waals surface area contributed by atoms with Crippen LogP contribution in [0.5, 0.6) is 5.75 Å². The van der Waals surface area contributed by atoms with Gasteiger partial charge in [0.05, 0.1) is 5.69 Å². The molecule has 0 amide bonds. The summed E-state index contributed by atoms with van der Waals surface area (Å²) in [7, 11) is 0. The highest BCUT2D eigenvalue weighted by molar-refractivity contribution is 5.87. The highest BCUT2D eigenvalue weighted by atomic mass is 16.4. The van der Waals surface area contributed by atoms with Gasteiger partial charge in [0, 0.05) is 5.39 Å². The van der Waals surface area contributed by atoms with Crippen molar-refractivity contribution < 1.29 is 9.52 Å². The molecule has 2 aliphatic heterocycles. The van der Waals surface area contributed by atoms with E-state index in [1.807, 2.05) is 38.1 Å². The second-order valence-electron chi connectivity index (χ2n) is 8.06. The third kappa shape index (κ3) is 2.70. The highest BCUT2D eigenvalue weighted by Gasteiger charge is 2.23. The zero-order valence-electron chi connectivity index (χ0n) is 16.1. The van der Waals surface area contributed by atoms with Crippen LogP contribution in [0.3, 0.4) is 0 Å². The monoisotopic (exact) mass is 362 g/mol. The second-order valence-corrected chi connectivity index (χ2v) is 8.06. The Labute approximate surface area is 157 Å². The Morgan fingerprint density at radius 3 is 2.56 bits per heavy atom. The molecule has 2 aromatic rings. The van der Waals surface area contributed by atoms with Gasteiger partial charge in [-0.3, -0.25) is 4.79 Å². The number of hydrogen-bond donors (Lipinski definition) is 1. The molecule has 0 bridgehead atoms. The summed E-state index contributed by atoms with van der Waals surface area (Å²) in [5.74, 6) is 0.264. The first-order chi connectivity index (χ1) is 12.7. The Morgan fingerprint density at radius 2 is 1.85 bits per heavy atom. The molecule has 5 nitrogen and oxygen atoms in total. The molecule has 0 aliphatic carbocycles. The van der Waals surface area contributed by atoms with Crippen molar-refractivity contribution in [2.45, 2.75) is 40.0 Å². The van der Waals surface area contributed by atoms with E-state index in [9.17, 15) is 9.90 Å². The van der Waals surface area contributed by atoms with Gasteiger partial charge in [-0.05, 0) is 60.2 Å². The molecule has 5 heteroatoms. The SMILES string of the molecule is Cc1cccc(-n2nc3oc4c(O)cc(C(C)(C)C)cc4cc-3c2=O)c1C. The lowest BCUT2D eigenvalue weighted by atomic mass is 9.86. The molecule has 138 valence electrons. The van der Waals surface area contributed by atoms with Gasteiger partial charge in [0.1, 0.15) is 5.56 Å². The van der Waals surface area contributed by atoms with Crippen LogP contribution in [0.15, 0.2) is 45.6 Å². The minimum absolute atomic E-state index is 0.0491. The second kappa shape index (κ2) is 5.71. The van der Waals surface area contributed by atoms with Gasteiger partial charge in [-0.25, -0.2) is 0 Å². The third-order valence-corrected chi connectivity index (χ3v) is 5.11. The number of phenols is 1. The number of nitrogens with zero attached hydrogens (tertiary/aromatic N) is 2. The van der Waals surface area contributed by atoms with E-state index in [-0.39, 0.29) is 22.6 Å². The van der Waals surface area contributed by atoms with E-state index in [1.165, 1.54) is 4.68 Å². The number of aryl methyl sites for hydroxylation is 1. The number of aromatic hydroxyl groups is 1. The molecule has 0 aromatic heterocycles. The zero-order chi connectivity index (χ0) is 19.5. The molecular formula is C22H22N2O3. The van der Waals surface area contributed by atoms with Crippen LogP contribution in [-0.2, 0) is 5.41 Å². The van der Waals surface area contributed by atoms with Gasteiger partial charge >= 0.3 is 0 Å². The van der Waals surface area contributed by atoms with Crippen LogP contribution >= 0.6 is 0 Å². The van der Waals surface area contributed by atoms with Gasteiger partial charge < -0.3 is 9.52 Å². The van der Waals surface area contributed by atoms with E-state index in [4.69, 9.17) is 4.42 Å². The summed E-state index contributed by atoms with van der Waals surface area (Å²) in [6.07, 6.45) is 0. The topological polar surface area (TPSA) is 68.3 Å². The van der Waals surface area contributed by atoms with E-state index in [2.05, 4.69) is 25.9 Å². The predicted molar refractivity (Wildman–Crippen MR) is 106 cm³/mol. The Hall–Kier alpha value is -3.08. The molecule has 0 radical (unpaired) electrons. The molecule has 1 N–H and O–H groups in total. The quantitative estimate of drug-likeness (QED) is 0.533. The van der Waals surface area contributed by atoms with E-state index in [0.717, 1.165) is 22.4 Å². The van der Waals surface area contributed by atoms with Crippen LogP contribution in [0.25, 0.3) is 28.1 Å². The maximum Gasteiger partial charge on any atom is 0.284 e. The van der Waals surface area contributed by atoms with Crippen molar-refractivity contribution in [2.75, 3.05) is 0 Å². The van der Waals surface area contributed by atoms with E-state index >= 15 is 0 Å². The zero-order valence-corrected chi connectivity index (χ0v) is 16.1. The molecule has 0 saturated heterocycles. The molecule has 2 aliphatic rings. The lowest BCUT2D eigenvalue weighted by Gasteiger charge is -2.19. The first-order valence-electron chi connectivity index (χ1n) is 8.93. The Balaban J connectivity index is 2.02. The number of aromatic nitrogens is 2. The number of benzene rings is 2. The lowest BCUT2D eigenvalue weighted by Crippen LogP contribution is -2.15. The van der Waals surface area contributed by atoms with Crippen LogP contribution in [0.1, 0.15) is 37.5 Å². The normalized spacial score (nSPS) is 12.2. The van der Waals surface area contributed by atoms with Crippen molar-refractivity contribution in [1.82, 2.24) is 9.78 Å². The fourth-order valence-corrected chi connectivity index (χ4v) is 3.26. The Morgan fingerprint density at radius 1 is 1.11 bits per heavy atom. The molecule has 0 saturated carbocycles. The van der Waals surface area contributed by atoms with Gasteiger partial charge in [-0.1, -0.05) is 32.9 Å². The standard InChI is InChI=1S/C22H22N2O3/c1-12-7-6-8-17(13(12)2)24-21(26)16-10-14-9-15(22(3,4)5)11-18(25)19(14)27-20(16)23-24/h6-11,25H,1-5H3.